The van der Waals surface area contributed by atoms with E-state index in [1.54, 1.807) is 24.3 Å². The number of aromatic nitrogens is 2. The van der Waals surface area contributed by atoms with Crippen molar-refractivity contribution in [1.82, 2.24) is 15.0 Å². The van der Waals surface area contributed by atoms with Gasteiger partial charge in [-0.1, -0.05) is 24.3 Å². The summed E-state index contributed by atoms with van der Waals surface area (Å²) >= 11 is 0. The van der Waals surface area contributed by atoms with E-state index in [0.29, 0.717) is 17.5 Å². The zero-order valence-electron chi connectivity index (χ0n) is 12.2. The lowest BCUT2D eigenvalue weighted by Gasteiger charge is -2.12. The largest absolute Gasteiger partial charge is 0.342 e. The molecule has 6 heteroatoms. The minimum Gasteiger partial charge on any atom is -0.342 e. The third-order valence-electron chi connectivity index (χ3n) is 3.75. The quantitative estimate of drug-likeness (QED) is 0.751. The SMILES string of the molecule is O=C1c2ccccc2C(=O)N1OCCc1nc2ccccc2[nH]1. The molecule has 0 aliphatic carbocycles. The molecule has 1 aliphatic rings. The van der Waals surface area contributed by atoms with Gasteiger partial charge in [-0.05, 0) is 24.3 Å². The molecular formula is C17H13N3O3. The number of nitrogens with one attached hydrogen (secondary N) is 1. The standard InChI is InChI=1S/C17H13N3O3/c21-16-11-5-1-2-6-12(11)17(22)20(16)23-10-9-15-18-13-7-3-4-8-14(13)19-15/h1-8H,9-10H2,(H,18,19). The Kier molecular flexibility index (Phi) is 3.17. The van der Waals surface area contributed by atoms with Gasteiger partial charge in [0.2, 0.25) is 0 Å². The average Bonchev–Trinajstić information content (AvgIpc) is 3.09. The summed E-state index contributed by atoms with van der Waals surface area (Å²) < 4.78 is 0. The highest BCUT2D eigenvalue weighted by molar-refractivity contribution is 6.20. The van der Waals surface area contributed by atoms with E-state index in [2.05, 4.69) is 9.97 Å². The molecule has 0 atom stereocenters. The number of benzene rings is 2. The normalized spacial score (nSPS) is 13.8. The van der Waals surface area contributed by atoms with Crippen LogP contribution < -0.4 is 0 Å². The van der Waals surface area contributed by atoms with E-state index in [-0.39, 0.29) is 6.61 Å². The molecule has 0 spiro atoms. The number of nitrogens with zero attached hydrogens (tertiary/aromatic N) is 2. The molecule has 0 bridgehead atoms. The van der Waals surface area contributed by atoms with Crippen molar-refractivity contribution >= 4 is 22.8 Å². The molecule has 6 nitrogen and oxygen atoms in total. The second-order valence-electron chi connectivity index (χ2n) is 5.23. The van der Waals surface area contributed by atoms with Crippen LogP contribution in [0, 0.1) is 0 Å². The summed E-state index contributed by atoms with van der Waals surface area (Å²) in [4.78, 5) is 37.3. The van der Waals surface area contributed by atoms with Crippen molar-refractivity contribution in [2.75, 3.05) is 6.61 Å². The van der Waals surface area contributed by atoms with Gasteiger partial charge in [0.05, 0.1) is 28.8 Å². The molecule has 23 heavy (non-hydrogen) atoms. The first-order chi connectivity index (χ1) is 11.2. The van der Waals surface area contributed by atoms with Gasteiger partial charge in [-0.3, -0.25) is 14.4 Å². The number of amides is 2. The maximum Gasteiger partial charge on any atom is 0.285 e. The first kappa shape index (κ1) is 13.7. The van der Waals surface area contributed by atoms with Crippen molar-refractivity contribution in [2.45, 2.75) is 6.42 Å². The molecule has 0 saturated heterocycles. The zero-order chi connectivity index (χ0) is 15.8. The number of imidazole rings is 1. The van der Waals surface area contributed by atoms with E-state index in [4.69, 9.17) is 4.84 Å². The summed E-state index contributed by atoms with van der Waals surface area (Å²) in [5.74, 6) is -0.0896. The van der Waals surface area contributed by atoms with Crippen LogP contribution in [-0.4, -0.2) is 33.5 Å². The molecule has 0 fully saturated rings. The monoisotopic (exact) mass is 307 g/mol. The van der Waals surface area contributed by atoms with E-state index < -0.39 is 11.8 Å². The predicted molar refractivity (Wildman–Crippen MR) is 82.7 cm³/mol. The maximum atomic E-state index is 12.1. The van der Waals surface area contributed by atoms with Gasteiger partial charge in [0.25, 0.3) is 11.8 Å². The van der Waals surface area contributed by atoms with Crippen LogP contribution in [0.4, 0.5) is 0 Å². The Morgan fingerprint density at radius 1 is 0.957 bits per heavy atom. The first-order valence-corrected chi connectivity index (χ1v) is 7.28. The van der Waals surface area contributed by atoms with Crippen LogP contribution in [0.25, 0.3) is 11.0 Å². The molecule has 1 aromatic heterocycles. The summed E-state index contributed by atoms with van der Waals surface area (Å²) in [6, 6.07) is 14.4. The number of rotatable bonds is 4. The van der Waals surface area contributed by atoms with Crippen molar-refractivity contribution in [3.63, 3.8) is 0 Å². The van der Waals surface area contributed by atoms with Gasteiger partial charge in [0, 0.05) is 6.42 Å². The molecule has 3 aromatic rings. The molecule has 114 valence electrons. The molecule has 1 N–H and O–H groups in total. The Balaban J connectivity index is 1.44. The Labute approximate surface area is 131 Å². The lowest BCUT2D eigenvalue weighted by molar-refractivity contribution is -0.0905. The van der Waals surface area contributed by atoms with Gasteiger partial charge < -0.3 is 4.98 Å². The summed E-state index contributed by atoms with van der Waals surface area (Å²) in [7, 11) is 0. The van der Waals surface area contributed by atoms with E-state index in [1.807, 2.05) is 24.3 Å². The van der Waals surface area contributed by atoms with Crippen LogP contribution in [0.1, 0.15) is 26.5 Å². The molecule has 0 unspecified atom stereocenters. The summed E-state index contributed by atoms with van der Waals surface area (Å²) in [5.41, 5.74) is 2.58. The van der Waals surface area contributed by atoms with Crippen molar-refractivity contribution in [2.24, 2.45) is 0 Å². The highest BCUT2D eigenvalue weighted by Crippen LogP contribution is 2.22. The van der Waals surface area contributed by atoms with Crippen LogP contribution >= 0.6 is 0 Å². The smallest absolute Gasteiger partial charge is 0.285 e. The number of aromatic amines is 1. The fraction of sp³-hybridized carbons (Fsp3) is 0.118. The Hall–Kier alpha value is -2.99. The Morgan fingerprint density at radius 3 is 2.30 bits per heavy atom. The van der Waals surface area contributed by atoms with Gasteiger partial charge >= 0.3 is 0 Å². The summed E-state index contributed by atoms with van der Waals surface area (Å²) in [6.45, 7) is 0.186. The van der Waals surface area contributed by atoms with Gasteiger partial charge in [-0.2, -0.15) is 0 Å². The number of carbonyl (C=O) groups excluding carboxylic acids is 2. The number of hydrogen-bond acceptors (Lipinski definition) is 4. The van der Waals surface area contributed by atoms with Gasteiger partial charge in [-0.15, -0.1) is 5.06 Å². The minimum atomic E-state index is -0.421. The van der Waals surface area contributed by atoms with E-state index in [9.17, 15) is 9.59 Å². The second kappa shape index (κ2) is 5.33. The number of fused-ring (bicyclic) bond motifs is 2. The number of hydrogen-bond donors (Lipinski definition) is 1. The Morgan fingerprint density at radius 2 is 1.61 bits per heavy atom. The molecule has 2 amide bonds. The molecule has 2 aromatic carbocycles. The number of H-pyrrole nitrogens is 1. The highest BCUT2D eigenvalue weighted by Gasteiger charge is 2.36. The summed E-state index contributed by atoms with van der Waals surface area (Å²) in [6.07, 6.45) is 0.474. The lowest BCUT2D eigenvalue weighted by atomic mass is 10.1. The van der Waals surface area contributed by atoms with Crippen molar-refractivity contribution in [3.8, 4) is 0 Å². The fourth-order valence-corrected chi connectivity index (χ4v) is 2.64. The fourth-order valence-electron chi connectivity index (χ4n) is 2.64. The number of para-hydroxylation sites is 2. The van der Waals surface area contributed by atoms with E-state index in [1.165, 1.54) is 0 Å². The van der Waals surface area contributed by atoms with Crippen molar-refractivity contribution in [3.05, 3.63) is 65.5 Å². The lowest BCUT2D eigenvalue weighted by Crippen LogP contribution is -2.30. The van der Waals surface area contributed by atoms with Gasteiger partial charge in [0.15, 0.2) is 0 Å². The van der Waals surface area contributed by atoms with Gasteiger partial charge in [-0.25, -0.2) is 4.98 Å². The first-order valence-electron chi connectivity index (χ1n) is 7.28. The molecule has 0 radical (unpaired) electrons. The molecular weight excluding hydrogens is 294 g/mol. The topological polar surface area (TPSA) is 75.3 Å². The van der Waals surface area contributed by atoms with Crippen LogP contribution in [0.15, 0.2) is 48.5 Å². The van der Waals surface area contributed by atoms with Crippen LogP contribution in [0.5, 0.6) is 0 Å². The van der Waals surface area contributed by atoms with Crippen molar-refractivity contribution < 1.29 is 14.4 Å². The minimum absolute atomic E-state index is 0.186. The molecule has 2 heterocycles. The van der Waals surface area contributed by atoms with Gasteiger partial charge in [0.1, 0.15) is 5.82 Å². The summed E-state index contributed by atoms with van der Waals surface area (Å²) in [5, 5.41) is 0.827. The zero-order valence-corrected chi connectivity index (χ0v) is 12.2. The molecule has 4 rings (SSSR count). The average molecular weight is 307 g/mol. The third-order valence-corrected chi connectivity index (χ3v) is 3.75. The number of imide groups is 1. The molecule has 1 aliphatic heterocycles. The number of carbonyl (C=O) groups is 2. The van der Waals surface area contributed by atoms with Crippen molar-refractivity contribution in [1.29, 1.82) is 0 Å². The van der Waals surface area contributed by atoms with Crippen LogP contribution in [-0.2, 0) is 11.3 Å². The van der Waals surface area contributed by atoms with E-state index >= 15 is 0 Å². The van der Waals surface area contributed by atoms with Crippen LogP contribution in [0.2, 0.25) is 0 Å². The van der Waals surface area contributed by atoms with Crippen LogP contribution in [0.3, 0.4) is 0 Å². The molecule has 0 saturated carbocycles. The maximum absolute atomic E-state index is 12.1. The number of hydroxylamine groups is 2. The van der Waals surface area contributed by atoms with E-state index in [0.717, 1.165) is 21.9 Å². The Bertz CT molecular complexity index is 848. The highest BCUT2D eigenvalue weighted by atomic mass is 16.7. The predicted octanol–water partition coefficient (Wildman–Crippen LogP) is 2.33. The second-order valence-corrected chi connectivity index (χ2v) is 5.23. The third kappa shape index (κ3) is 2.29.